The molecule has 0 bridgehead atoms. The molecule has 0 aromatic rings. The van der Waals surface area contributed by atoms with Crippen molar-refractivity contribution >= 4 is 11.9 Å². The molecule has 0 aromatic carbocycles. The Hall–Kier alpha value is -1.06. The summed E-state index contributed by atoms with van der Waals surface area (Å²) in [7, 11) is 0. The van der Waals surface area contributed by atoms with Gasteiger partial charge in [-0.3, -0.25) is 9.59 Å². The number of hydrogen-bond donors (Lipinski definition) is 2. The van der Waals surface area contributed by atoms with E-state index >= 15 is 0 Å². The third-order valence-electron chi connectivity index (χ3n) is 5.20. The van der Waals surface area contributed by atoms with Crippen LogP contribution in [0.4, 0.5) is 0 Å². The predicted molar refractivity (Wildman–Crippen MR) is 84.0 cm³/mol. The molecule has 1 amide bonds. The highest BCUT2D eigenvalue weighted by Gasteiger charge is 2.39. The summed E-state index contributed by atoms with van der Waals surface area (Å²) in [6.07, 6.45) is 7.00. The number of carboxylic acid groups (broad SMARTS) is 1. The molecule has 0 spiro atoms. The van der Waals surface area contributed by atoms with E-state index in [0.29, 0.717) is 0 Å². The Balaban J connectivity index is 2.46. The van der Waals surface area contributed by atoms with Gasteiger partial charge in [0, 0.05) is 12.5 Å². The molecule has 1 unspecified atom stereocenters. The molecule has 0 heterocycles. The average molecular weight is 297 g/mol. The summed E-state index contributed by atoms with van der Waals surface area (Å²) >= 11 is 0. The first-order valence-corrected chi connectivity index (χ1v) is 8.32. The molecule has 21 heavy (non-hydrogen) atoms. The monoisotopic (exact) mass is 297 g/mol. The second-order valence-electron chi connectivity index (χ2n) is 7.13. The molecule has 1 atom stereocenters. The van der Waals surface area contributed by atoms with E-state index in [0.717, 1.165) is 18.8 Å². The second-order valence-corrected chi connectivity index (χ2v) is 7.13. The first kappa shape index (κ1) is 18.0. The number of aliphatic carboxylic acids is 1. The zero-order valence-corrected chi connectivity index (χ0v) is 13.9. The lowest BCUT2D eigenvalue weighted by molar-refractivity contribution is -0.153. The van der Waals surface area contributed by atoms with Crippen molar-refractivity contribution < 1.29 is 14.7 Å². The maximum atomic E-state index is 12.2. The number of hydrogen-bond acceptors (Lipinski definition) is 2. The number of rotatable bonds is 7. The molecule has 0 aromatic heterocycles. The second kappa shape index (κ2) is 7.81. The number of carbonyl (C=O) groups is 2. The summed E-state index contributed by atoms with van der Waals surface area (Å²) in [5.74, 6) is -0.268. The van der Waals surface area contributed by atoms with Gasteiger partial charge in [-0.05, 0) is 44.4 Å². The lowest BCUT2D eigenvalue weighted by Crippen LogP contribution is -2.43. The van der Waals surface area contributed by atoms with E-state index in [-0.39, 0.29) is 24.3 Å². The third-order valence-corrected chi connectivity index (χ3v) is 5.20. The Labute approximate surface area is 128 Å². The number of carbonyl (C=O) groups excluding carboxylic acids is 1. The number of amides is 1. The highest BCUT2D eigenvalue weighted by atomic mass is 16.4. The normalized spacial score (nSPS) is 25.4. The highest BCUT2D eigenvalue weighted by Crippen LogP contribution is 2.32. The van der Waals surface area contributed by atoms with Crippen molar-refractivity contribution in [3.05, 3.63) is 0 Å². The zero-order chi connectivity index (χ0) is 16.0. The van der Waals surface area contributed by atoms with Gasteiger partial charge in [-0.1, -0.05) is 33.6 Å². The zero-order valence-electron chi connectivity index (χ0n) is 13.9. The Morgan fingerprint density at radius 3 is 2.24 bits per heavy atom. The van der Waals surface area contributed by atoms with Crippen LogP contribution in [-0.4, -0.2) is 23.0 Å². The Bertz CT molecular complexity index is 359. The third kappa shape index (κ3) is 5.01. The minimum absolute atomic E-state index is 0.0644. The van der Waals surface area contributed by atoms with Crippen molar-refractivity contribution in [3.8, 4) is 0 Å². The van der Waals surface area contributed by atoms with Crippen LogP contribution in [0.15, 0.2) is 0 Å². The molecule has 1 fully saturated rings. The van der Waals surface area contributed by atoms with Gasteiger partial charge in [-0.2, -0.15) is 0 Å². The van der Waals surface area contributed by atoms with Crippen LogP contribution in [0.1, 0.15) is 72.6 Å². The fourth-order valence-electron chi connectivity index (χ4n) is 3.14. The SMILES string of the molecule is CCCC1CCC(NC(=O)CC(C)(C(=O)O)C(C)C)CC1. The van der Waals surface area contributed by atoms with E-state index in [1.165, 1.54) is 25.7 Å². The van der Waals surface area contributed by atoms with E-state index in [1.807, 2.05) is 13.8 Å². The summed E-state index contributed by atoms with van der Waals surface area (Å²) in [4.78, 5) is 23.6. The molecular weight excluding hydrogens is 266 g/mol. The number of carboxylic acids is 1. The van der Waals surface area contributed by atoms with Crippen LogP contribution in [0.25, 0.3) is 0 Å². The van der Waals surface area contributed by atoms with Gasteiger partial charge in [0.25, 0.3) is 0 Å². The van der Waals surface area contributed by atoms with Crippen molar-refractivity contribution in [2.24, 2.45) is 17.3 Å². The topological polar surface area (TPSA) is 66.4 Å². The fourth-order valence-corrected chi connectivity index (χ4v) is 3.14. The molecule has 4 nitrogen and oxygen atoms in total. The molecule has 1 rings (SSSR count). The van der Waals surface area contributed by atoms with Crippen LogP contribution in [0, 0.1) is 17.3 Å². The van der Waals surface area contributed by atoms with E-state index in [9.17, 15) is 14.7 Å². The van der Waals surface area contributed by atoms with Crippen LogP contribution < -0.4 is 5.32 Å². The van der Waals surface area contributed by atoms with Gasteiger partial charge >= 0.3 is 5.97 Å². The first-order chi connectivity index (χ1) is 9.79. The Morgan fingerprint density at radius 2 is 1.81 bits per heavy atom. The van der Waals surface area contributed by atoms with Gasteiger partial charge in [-0.15, -0.1) is 0 Å². The van der Waals surface area contributed by atoms with Crippen molar-refractivity contribution in [2.45, 2.75) is 78.7 Å². The van der Waals surface area contributed by atoms with Gasteiger partial charge in [0.1, 0.15) is 0 Å². The van der Waals surface area contributed by atoms with E-state index in [2.05, 4.69) is 12.2 Å². The smallest absolute Gasteiger partial charge is 0.310 e. The molecule has 2 N–H and O–H groups in total. The van der Waals surface area contributed by atoms with Crippen molar-refractivity contribution in [2.75, 3.05) is 0 Å². The van der Waals surface area contributed by atoms with E-state index in [1.54, 1.807) is 6.92 Å². The van der Waals surface area contributed by atoms with E-state index < -0.39 is 11.4 Å². The van der Waals surface area contributed by atoms with Gasteiger partial charge < -0.3 is 10.4 Å². The van der Waals surface area contributed by atoms with Crippen LogP contribution >= 0.6 is 0 Å². The molecule has 1 saturated carbocycles. The molecule has 1 aliphatic carbocycles. The maximum Gasteiger partial charge on any atom is 0.310 e. The summed E-state index contributed by atoms with van der Waals surface area (Å²) in [6.45, 7) is 7.60. The minimum atomic E-state index is -0.983. The summed E-state index contributed by atoms with van der Waals surface area (Å²) in [6, 6.07) is 0.232. The predicted octanol–water partition coefficient (Wildman–Crippen LogP) is 3.60. The first-order valence-electron chi connectivity index (χ1n) is 8.32. The summed E-state index contributed by atoms with van der Waals surface area (Å²) in [5.41, 5.74) is -0.983. The highest BCUT2D eigenvalue weighted by molar-refractivity contribution is 5.85. The van der Waals surface area contributed by atoms with Crippen molar-refractivity contribution in [1.82, 2.24) is 5.32 Å². The molecule has 122 valence electrons. The van der Waals surface area contributed by atoms with Gasteiger partial charge in [0.15, 0.2) is 0 Å². The lowest BCUT2D eigenvalue weighted by Gasteiger charge is -2.32. The van der Waals surface area contributed by atoms with Crippen LogP contribution in [-0.2, 0) is 9.59 Å². The van der Waals surface area contributed by atoms with Crippen LogP contribution in [0.2, 0.25) is 0 Å². The number of nitrogens with one attached hydrogen (secondary N) is 1. The molecule has 0 saturated heterocycles. The maximum absolute atomic E-state index is 12.2. The van der Waals surface area contributed by atoms with Crippen molar-refractivity contribution in [3.63, 3.8) is 0 Å². The van der Waals surface area contributed by atoms with Crippen molar-refractivity contribution in [1.29, 1.82) is 0 Å². The average Bonchev–Trinajstić information content (AvgIpc) is 2.40. The molecule has 0 aliphatic heterocycles. The standard InChI is InChI=1S/C17H31NO3/c1-5-6-13-7-9-14(10-8-13)18-15(19)11-17(4,12(2)3)16(20)21/h12-14H,5-11H2,1-4H3,(H,18,19)(H,20,21). The van der Waals surface area contributed by atoms with E-state index in [4.69, 9.17) is 0 Å². The summed E-state index contributed by atoms with van der Waals surface area (Å²) in [5, 5.41) is 12.4. The van der Waals surface area contributed by atoms with Gasteiger partial charge in [0.05, 0.1) is 5.41 Å². The van der Waals surface area contributed by atoms with Crippen LogP contribution in [0.5, 0.6) is 0 Å². The molecule has 4 heteroatoms. The molecular formula is C17H31NO3. The molecule has 0 radical (unpaired) electrons. The summed E-state index contributed by atoms with van der Waals surface area (Å²) < 4.78 is 0. The minimum Gasteiger partial charge on any atom is -0.481 e. The van der Waals surface area contributed by atoms with Gasteiger partial charge in [-0.25, -0.2) is 0 Å². The largest absolute Gasteiger partial charge is 0.481 e. The van der Waals surface area contributed by atoms with Crippen LogP contribution in [0.3, 0.4) is 0 Å². The lowest BCUT2D eigenvalue weighted by atomic mass is 9.76. The molecule has 1 aliphatic rings. The van der Waals surface area contributed by atoms with Gasteiger partial charge in [0.2, 0.25) is 5.91 Å². The fraction of sp³-hybridized carbons (Fsp3) is 0.882. The quantitative estimate of drug-likeness (QED) is 0.754. The Kier molecular flexibility index (Phi) is 6.69. The Morgan fingerprint density at radius 1 is 1.24 bits per heavy atom.